The van der Waals surface area contributed by atoms with E-state index >= 15 is 0 Å². The number of sulfonamides is 1. The Morgan fingerprint density at radius 1 is 1.17 bits per heavy atom. The van der Waals surface area contributed by atoms with Crippen LogP contribution in [0.3, 0.4) is 0 Å². The highest BCUT2D eigenvalue weighted by molar-refractivity contribution is 7.89. The van der Waals surface area contributed by atoms with Gasteiger partial charge in [-0.05, 0) is 60.8 Å². The molecule has 10 heteroatoms. The second-order valence-corrected chi connectivity index (χ2v) is 10.0. The Kier molecular flexibility index (Phi) is 7.35. The monoisotopic (exact) mass is 452 g/mol. The Morgan fingerprint density at radius 2 is 1.83 bits per heavy atom. The number of nitrogens with one attached hydrogen (secondary N) is 1. The second-order valence-electron chi connectivity index (χ2n) is 7.29. The molecule has 1 saturated heterocycles. The minimum absolute atomic E-state index is 0.0944. The SMILES string of the molecule is COc1ccc(S(=O)(=O)N2CCN(C(=O)NC[C@@H](c3ccsc3)N(C)C)CC2)cc1. The molecule has 0 spiro atoms. The molecule has 0 aliphatic carbocycles. The molecule has 0 saturated carbocycles. The highest BCUT2D eigenvalue weighted by atomic mass is 32.2. The molecule has 2 amide bonds. The third-order valence-electron chi connectivity index (χ3n) is 5.22. The molecule has 8 nitrogen and oxygen atoms in total. The summed E-state index contributed by atoms with van der Waals surface area (Å²) in [6, 6.07) is 8.33. The Hall–Kier alpha value is -2.14. The minimum atomic E-state index is -3.59. The Balaban J connectivity index is 1.54. The van der Waals surface area contributed by atoms with Gasteiger partial charge in [0, 0.05) is 32.7 Å². The minimum Gasteiger partial charge on any atom is -0.497 e. The molecule has 30 heavy (non-hydrogen) atoms. The predicted molar refractivity (Wildman–Crippen MR) is 117 cm³/mol. The summed E-state index contributed by atoms with van der Waals surface area (Å²) in [7, 11) is 1.91. The van der Waals surface area contributed by atoms with Crippen LogP contribution in [0.4, 0.5) is 4.79 Å². The maximum absolute atomic E-state index is 12.8. The zero-order valence-corrected chi connectivity index (χ0v) is 19.1. The van der Waals surface area contributed by atoms with Gasteiger partial charge in [0.25, 0.3) is 0 Å². The van der Waals surface area contributed by atoms with Crippen LogP contribution in [-0.2, 0) is 10.0 Å². The molecular weight excluding hydrogens is 424 g/mol. The number of piperazine rings is 1. The van der Waals surface area contributed by atoms with Crippen LogP contribution in [-0.4, -0.2) is 82.5 Å². The van der Waals surface area contributed by atoms with Crippen molar-refractivity contribution in [1.82, 2.24) is 19.4 Å². The van der Waals surface area contributed by atoms with Gasteiger partial charge in [0.05, 0.1) is 18.0 Å². The Labute approximate surface area is 182 Å². The molecule has 3 rings (SSSR count). The van der Waals surface area contributed by atoms with Gasteiger partial charge >= 0.3 is 6.03 Å². The molecule has 0 unspecified atom stereocenters. The molecule has 164 valence electrons. The van der Waals surface area contributed by atoms with E-state index in [1.54, 1.807) is 40.5 Å². The van der Waals surface area contributed by atoms with E-state index in [-0.39, 0.29) is 30.1 Å². The lowest BCUT2D eigenvalue weighted by Crippen LogP contribution is -2.53. The van der Waals surface area contributed by atoms with Crippen molar-refractivity contribution in [3.05, 3.63) is 46.7 Å². The number of carbonyl (C=O) groups excluding carboxylic acids is 1. The second kappa shape index (κ2) is 9.78. The first-order valence-corrected chi connectivity index (χ1v) is 12.1. The average molecular weight is 453 g/mol. The summed E-state index contributed by atoms with van der Waals surface area (Å²) < 4.78 is 32.2. The number of urea groups is 1. The highest BCUT2D eigenvalue weighted by Crippen LogP contribution is 2.22. The molecule has 2 aromatic rings. The number of likely N-dealkylation sites (N-methyl/N-ethyl adjacent to an activating group) is 1. The van der Waals surface area contributed by atoms with Crippen LogP contribution in [0.15, 0.2) is 46.0 Å². The lowest BCUT2D eigenvalue weighted by Gasteiger charge is -2.34. The lowest BCUT2D eigenvalue weighted by atomic mass is 10.1. The Bertz CT molecular complexity index is 922. The van der Waals surface area contributed by atoms with Crippen molar-refractivity contribution < 1.29 is 17.9 Å². The molecule has 1 fully saturated rings. The van der Waals surface area contributed by atoms with Crippen molar-refractivity contribution >= 4 is 27.4 Å². The Morgan fingerprint density at radius 3 is 2.37 bits per heavy atom. The van der Waals surface area contributed by atoms with Gasteiger partial charge in [0.15, 0.2) is 0 Å². The van der Waals surface area contributed by atoms with Gasteiger partial charge < -0.3 is 19.9 Å². The first kappa shape index (κ1) is 22.5. The number of ether oxygens (including phenoxy) is 1. The fraction of sp³-hybridized carbons (Fsp3) is 0.450. The van der Waals surface area contributed by atoms with Crippen molar-refractivity contribution in [2.24, 2.45) is 0 Å². The van der Waals surface area contributed by atoms with Crippen LogP contribution >= 0.6 is 11.3 Å². The number of benzene rings is 1. The molecule has 1 aromatic carbocycles. The van der Waals surface area contributed by atoms with Crippen LogP contribution in [0.5, 0.6) is 5.75 Å². The van der Waals surface area contributed by atoms with E-state index in [1.165, 1.54) is 17.0 Å². The van der Waals surface area contributed by atoms with Gasteiger partial charge in [0.1, 0.15) is 5.75 Å². The van der Waals surface area contributed by atoms with Crippen LogP contribution < -0.4 is 10.1 Å². The van der Waals surface area contributed by atoms with E-state index in [0.29, 0.717) is 25.4 Å². The van der Waals surface area contributed by atoms with Gasteiger partial charge in [-0.15, -0.1) is 0 Å². The molecule has 0 bridgehead atoms. The molecule has 1 atom stereocenters. The van der Waals surface area contributed by atoms with Gasteiger partial charge in [-0.2, -0.15) is 15.6 Å². The first-order chi connectivity index (χ1) is 14.3. The fourth-order valence-corrected chi connectivity index (χ4v) is 5.52. The lowest BCUT2D eigenvalue weighted by molar-refractivity contribution is 0.168. The largest absolute Gasteiger partial charge is 0.497 e. The summed E-state index contributed by atoms with van der Waals surface area (Å²) in [5, 5.41) is 7.10. The molecular formula is C20H28N4O4S2. The number of rotatable bonds is 7. The van der Waals surface area contributed by atoms with Crippen LogP contribution in [0.25, 0.3) is 0 Å². The normalized spacial score (nSPS) is 16.5. The quantitative estimate of drug-likeness (QED) is 0.696. The summed E-state index contributed by atoms with van der Waals surface area (Å²) in [5.41, 5.74) is 1.17. The van der Waals surface area contributed by atoms with E-state index in [9.17, 15) is 13.2 Å². The van der Waals surface area contributed by atoms with Gasteiger partial charge in [-0.1, -0.05) is 0 Å². The summed E-state index contributed by atoms with van der Waals surface area (Å²) in [5.74, 6) is 0.605. The number of nitrogens with zero attached hydrogens (tertiary/aromatic N) is 3. The zero-order valence-electron chi connectivity index (χ0n) is 17.4. The topological polar surface area (TPSA) is 82.2 Å². The maximum Gasteiger partial charge on any atom is 0.317 e. The summed E-state index contributed by atoms with van der Waals surface area (Å²) >= 11 is 1.63. The number of methoxy groups -OCH3 is 1. The van der Waals surface area contributed by atoms with E-state index in [1.807, 2.05) is 19.5 Å². The van der Waals surface area contributed by atoms with E-state index < -0.39 is 10.0 Å². The molecule has 1 aliphatic heterocycles. The third kappa shape index (κ3) is 5.12. The first-order valence-electron chi connectivity index (χ1n) is 9.68. The zero-order chi connectivity index (χ0) is 21.7. The van der Waals surface area contributed by atoms with Crippen molar-refractivity contribution in [3.63, 3.8) is 0 Å². The van der Waals surface area contributed by atoms with Crippen LogP contribution in [0.2, 0.25) is 0 Å². The van der Waals surface area contributed by atoms with Gasteiger partial charge in [-0.3, -0.25) is 0 Å². The van der Waals surface area contributed by atoms with Crippen molar-refractivity contribution in [2.75, 3.05) is 53.9 Å². The summed E-state index contributed by atoms with van der Waals surface area (Å²) in [6.07, 6.45) is 0. The molecule has 1 aliphatic rings. The van der Waals surface area contributed by atoms with Crippen molar-refractivity contribution in [2.45, 2.75) is 10.9 Å². The fourth-order valence-electron chi connectivity index (χ4n) is 3.39. The van der Waals surface area contributed by atoms with Gasteiger partial charge in [-0.25, -0.2) is 13.2 Å². The molecule has 2 heterocycles. The summed E-state index contributed by atoms with van der Waals surface area (Å²) in [6.45, 7) is 1.73. The van der Waals surface area contributed by atoms with Crippen LogP contribution in [0.1, 0.15) is 11.6 Å². The average Bonchev–Trinajstić information content (AvgIpc) is 3.28. The van der Waals surface area contributed by atoms with Crippen molar-refractivity contribution in [1.29, 1.82) is 0 Å². The number of carbonyl (C=O) groups is 1. The number of hydrogen-bond donors (Lipinski definition) is 1. The van der Waals surface area contributed by atoms with Crippen molar-refractivity contribution in [3.8, 4) is 5.75 Å². The molecule has 1 aromatic heterocycles. The standard InChI is InChI=1S/C20H28N4O4S2/c1-22(2)19(16-8-13-29-15-16)14-21-20(25)23-9-11-24(12-10-23)30(26,27)18-6-4-17(28-3)5-7-18/h4-8,13,15,19H,9-12,14H2,1-3H3,(H,21,25)/t19-/m0/s1. The number of thiophene rings is 1. The van der Waals surface area contributed by atoms with Crippen LogP contribution in [0, 0.1) is 0 Å². The highest BCUT2D eigenvalue weighted by Gasteiger charge is 2.30. The third-order valence-corrected chi connectivity index (χ3v) is 7.84. The molecule has 0 radical (unpaired) electrons. The number of hydrogen-bond acceptors (Lipinski definition) is 6. The van der Waals surface area contributed by atoms with E-state index in [0.717, 1.165) is 0 Å². The molecule has 1 N–H and O–H groups in total. The predicted octanol–water partition coefficient (Wildman–Crippen LogP) is 2.08. The maximum atomic E-state index is 12.8. The van der Waals surface area contributed by atoms with Gasteiger partial charge in [0.2, 0.25) is 10.0 Å². The summed E-state index contributed by atoms with van der Waals surface area (Å²) in [4.78, 5) is 16.6. The van der Waals surface area contributed by atoms with E-state index in [4.69, 9.17) is 4.74 Å². The number of amides is 2. The smallest absolute Gasteiger partial charge is 0.317 e. The van der Waals surface area contributed by atoms with E-state index in [2.05, 4.69) is 21.7 Å².